The summed E-state index contributed by atoms with van der Waals surface area (Å²) < 4.78 is 11.7. The van der Waals surface area contributed by atoms with Gasteiger partial charge in [0.25, 0.3) is 0 Å². The molecule has 0 aromatic heterocycles. The van der Waals surface area contributed by atoms with Crippen LogP contribution in [0.25, 0.3) is 0 Å². The Labute approximate surface area is 130 Å². The van der Waals surface area contributed by atoms with Crippen LogP contribution in [0.5, 0.6) is 0 Å². The SMILES string of the molecule is CCCNCC1(CN2CC(C)OC(C)(C)C2)CCOCC1. The van der Waals surface area contributed by atoms with Gasteiger partial charge in [0.05, 0.1) is 11.7 Å². The highest BCUT2D eigenvalue weighted by Gasteiger charge is 2.38. The molecule has 1 unspecified atom stereocenters. The van der Waals surface area contributed by atoms with Gasteiger partial charge in [0, 0.05) is 39.4 Å². The highest BCUT2D eigenvalue weighted by atomic mass is 16.5. The molecular formula is C17H34N2O2. The summed E-state index contributed by atoms with van der Waals surface area (Å²) >= 11 is 0. The van der Waals surface area contributed by atoms with E-state index in [1.807, 2.05) is 0 Å². The molecule has 0 aromatic carbocycles. The van der Waals surface area contributed by atoms with Gasteiger partial charge in [0.15, 0.2) is 0 Å². The largest absolute Gasteiger partial charge is 0.381 e. The Balaban J connectivity index is 1.97. The van der Waals surface area contributed by atoms with Crippen molar-refractivity contribution in [2.45, 2.75) is 58.7 Å². The molecule has 21 heavy (non-hydrogen) atoms. The van der Waals surface area contributed by atoms with Gasteiger partial charge in [-0.1, -0.05) is 6.92 Å². The van der Waals surface area contributed by atoms with Crippen molar-refractivity contribution < 1.29 is 9.47 Å². The lowest BCUT2D eigenvalue weighted by atomic mass is 9.79. The zero-order valence-electron chi connectivity index (χ0n) is 14.4. The first-order chi connectivity index (χ1) is 9.95. The molecule has 124 valence electrons. The van der Waals surface area contributed by atoms with Gasteiger partial charge >= 0.3 is 0 Å². The molecule has 1 atom stereocenters. The minimum atomic E-state index is -0.0269. The second-order valence-corrected chi connectivity index (χ2v) is 7.65. The topological polar surface area (TPSA) is 33.7 Å². The number of rotatable bonds is 6. The van der Waals surface area contributed by atoms with E-state index >= 15 is 0 Å². The summed E-state index contributed by atoms with van der Waals surface area (Å²) in [5.74, 6) is 0. The van der Waals surface area contributed by atoms with E-state index in [0.717, 1.165) is 39.4 Å². The molecule has 0 aliphatic carbocycles. The van der Waals surface area contributed by atoms with Gasteiger partial charge in [0.2, 0.25) is 0 Å². The fourth-order valence-corrected chi connectivity index (χ4v) is 3.91. The molecule has 1 N–H and O–H groups in total. The lowest BCUT2D eigenvalue weighted by molar-refractivity contribution is -0.139. The molecule has 0 saturated carbocycles. The van der Waals surface area contributed by atoms with Gasteiger partial charge in [-0.25, -0.2) is 0 Å². The van der Waals surface area contributed by atoms with E-state index in [0.29, 0.717) is 11.5 Å². The van der Waals surface area contributed by atoms with Gasteiger partial charge in [-0.2, -0.15) is 0 Å². The highest BCUT2D eigenvalue weighted by Crippen LogP contribution is 2.33. The lowest BCUT2D eigenvalue weighted by Gasteiger charge is -2.47. The van der Waals surface area contributed by atoms with Gasteiger partial charge < -0.3 is 14.8 Å². The fourth-order valence-electron chi connectivity index (χ4n) is 3.91. The van der Waals surface area contributed by atoms with Crippen LogP contribution in [0.4, 0.5) is 0 Å². The average molecular weight is 298 g/mol. The molecule has 0 amide bonds. The number of morpholine rings is 1. The normalized spacial score (nSPS) is 29.4. The van der Waals surface area contributed by atoms with Crippen LogP contribution in [-0.2, 0) is 9.47 Å². The number of ether oxygens (including phenoxy) is 2. The Morgan fingerprint density at radius 2 is 1.95 bits per heavy atom. The van der Waals surface area contributed by atoms with E-state index in [1.165, 1.54) is 25.8 Å². The zero-order valence-corrected chi connectivity index (χ0v) is 14.4. The molecule has 0 aromatic rings. The van der Waals surface area contributed by atoms with Crippen molar-refractivity contribution in [3.63, 3.8) is 0 Å². The van der Waals surface area contributed by atoms with E-state index in [1.54, 1.807) is 0 Å². The molecule has 4 nitrogen and oxygen atoms in total. The summed E-state index contributed by atoms with van der Waals surface area (Å²) in [6.45, 7) is 16.2. The monoisotopic (exact) mass is 298 g/mol. The van der Waals surface area contributed by atoms with Crippen LogP contribution in [0.1, 0.15) is 47.0 Å². The van der Waals surface area contributed by atoms with Crippen molar-refractivity contribution in [3.05, 3.63) is 0 Å². The molecule has 0 bridgehead atoms. The molecule has 4 heteroatoms. The minimum absolute atomic E-state index is 0.0269. The summed E-state index contributed by atoms with van der Waals surface area (Å²) in [7, 11) is 0. The second-order valence-electron chi connectivity index (χ2n) is 7.65. The van der Waals surface area contributed by atoms with Gasteiger partial charge in [0.1, 0.15) is 0 Å². The molecule has 2 fully saturated rings. The first kappa shape index (κ1) is 17.2. The Hall–Kier alpha value is -0.160. The van der Waals surface area contributed by atoms with E-state index < -0.39 is 0 Å². The number of hydrogen-bond donors (Lipinski definition) is 1. The molecular weight excluding hydrogens is 264 g/mol. The standard InChI is InChI=1S/C17H34N2O2/c1-5-8-18-12-17(6-9-20-10-7-17)14-19-11-15(2)21-16(3,4)13-19/h15,18H,5-14H2,1-4H3. The van der Waals surface area contributed by atoms with Gasteiger partial charge in [-0.15, -0.1) is 0 Å². The molecule has 0 radical (unpaired) electrons. The van der Waals surface area contributed by atoms with E-state index in [-0.39, 0.29) is 5.60 Å². The maximum Gasteiger partial charge on any atom is 0.0757 e. The fraction of sp³-hybridized carbons (Fsp3) is 1.00. The van der Waals surface area contributed by atoms with Crippen molar-refractivity contribution in [2.24, 2.45) is 5.41 Å². The maximum absolute atomic E-state index is 6.04. The third-order valence-electron chi connectivity index (χ3n) is 4.68. The smallest absolute Gasteiger partial charge is 0.0757 e. The molecule has 2 heterocycles. The Morgan fingerprint density at radius 3 is 2.57 bits per heavy atom. The van der Waals surface area contributed by atoms with E-state index in [4.69, 9.17) is 9.47 Å². The predicted octanol–water partition coefficient (Wildman–Crippen LogP) is 2.28. The predicted molar refractivity (Wildman–Crippen MR) is 86.7 cm³/mol. The van der Waals surface area contributed by atoms with Gasteiger partial charge in [-0.05, 0) is 52.0 Å². The van der Waals surface area contributed by atoms with Crippen LogP contribution in [0.2, 0.25) is 0 Å². The highest BCUT2D eigenvalue weighted by molar-refractivity contribution is 4.91. The van der Waals surface area contributed by atoms with Crippen LogP contribution < -0.4 is 5.32 Å². The van der Waals surface area contributed by atoms with Crippen LogP contribution in [-0.4, -0.2) is 62.5 Å². The van der Waals surface area contributed by atoms with Crippen molar-refractivity contribution in [2.75, 3.05) is 45.9 Å². The maximum atomic E-state index is 6.04. The first-order valence-corrected chi connectivity index (χ1v) is 8.63. The summed E-state index contributed by atoms with van der Waals surface area (Å²) in [5.41, 5.74) is 0.349. The molecule has 2 aliphatic rings. The summed E-state index contributed by atoms with van der Waals surface area (Å²) in [5, 5.41) is 3.65. The Morgan fingerprint density at radius 1 is 1.24 bits per heavy atom. The summed E-state index contributed by atoms with van der Waals surface area (Å²) in [6, 6.07) is 0. The van der Waals surface area contributed by atoms with Crippen LogP contribution >= 0.6 is 0 Å². The van der Waals surface area contributed by atoms with Crippen molar-refractivity contribution in [1.29, 1.82) is 0 Å². The van der Waals surface area contributed by atoms with E-state index in [9.17, 15) is 0 Å². The van der Waals surface area contributed by atoms with Crippen molar-refractivity contribution >= 4 is 0 Å². The van der Waals surface area contributed by atoms with E-state index in [2.05, 4.69) is 37.9 Å². The molecule has 2 aliphatic heterocycles. The Bertz CT molecular complexity index is 314. The quantitative estimate of drug-likeness (QED) is 0.763. The number of hydrogen-bond acceptors (Lipinski definition) is 4. The van der Waals surface area contributed by atoms with Gasteiger partial charge in [-0.3, -0.25) is 4.90 Å². The van der Waals surface area contributed by atoms with Crippen LogP contribution in [0.3, 0.4) is 0 Å². The summed E-state index contributed by atoms with van der Waals surface area (Å²) in [6.07, 6.45) is 3.88. The van der Waals surface area contributed by atoms with Crippen LogP contribution in [0.15, 0.2) is 0 Å². The minimum Gasteiger partial charge on any atom is -0.381 e. The third kappa shape index (κ3) is 5.20. The van der Waals surface area contributed by atoms with Crippen molar-refractivity contribution in [1.82, 2.24) is 10.2 Å². The first-order valence-electron chi connectivity index (χ1n) is 8.63. The molecule has 2 saturated heterocycles. The molecule has 2 rings (SSSR count). The van der Waals surface area contributed by atoms with Crippen LogP contribution in [0, 0.1) is 5.41 Å². The molecule has 0 spiro atoms. The second kappa shape index (κ2) is 7.40. The number of nitrogens with zero attached hydrogens (tertiary/aromatic N) is 1. The van der Waals surface area contributed by atoms with Crippen molar-refractivity contribution in [3.8, 4) is 0 Å². The Kier molecular flexibility index (Phi) is 6.06. The lowest BCUT2D eigenvalue weighted by Crippen LogP contribution is -2.56. The zero-order chi connectivity index (χ0) is 15.3. The summed E-state index contributed by atoms with van der Waals surface area (Å²) in [4.78, 5) is 2.62. The third-order valence-corrected chi connectivity index (χ3v) is 4.68. The average Bonchev–Trinajstić information content (AvgIpc) is 2.37. The number of nitrogens with one attached hydrogen (secondary N) is 1.